The van der Waals surface area contributed by atoms with Gasteiger partial charge in [-0.05, 0) is 50.9 Å². The minimum absolute atomic E-state index is 0.120. The van der Waals surface area contributed by atoms with Gasteiger partial charge in [0.15, 0.2) is 5.43 Å². The Balaban J connectivity index is 1.37. The van der Waals surface area contributed by atoms with Crippen LogP contribution in [-0.2, 0) is 20.8 Å². The third-order valence-corrected chi connectivity index (χ3v) is 8.15. The summed E-state index contributed by atoms with van der Waals surface area (Å²) >= 11 is 0. The summed E-state index contributed by atoms with van der Waals surface area (Å²) in [4.78, 5) is 30.0. The van der Waals surface area contributed by atoms with E-state index in [0.29, 0.717) is 4.70 Å². The quantitative estimate of drug-likeness (QED) is 0.371. The van der Waals surface area contributed by atoms with E-state index in [1.165, 1.54) is 26.7 Å². The highest BCUT2D eigenvalue weighted by Crippen LogP contribution is 2.36. The maximum atomic E-state index is 12.5. The van der Waals surface area contributed by atoms with Gasteiger partial charge in [0.2, 0.25) is 0 Å². The first-order valence-electron chi connectivity index (χ1n) is 9.56. The minimum Gasteiger partial charge on any atom is -0.399 e. The molecule has 0 radical (unpaired) electrons. The van der Waals surface area contributed by atoms with Gasteiger partial charge in [-0.25, -0.2) is 5.48 Å². The monoisotopic (exact) mass is 443 g/mol. The average Bonchev–Trinajstić information content (AvgIpc) is 2.82. The second-order valence-electron chi connectivity index (χ2n) is 8.17. The Kier molecular flexibility index (Phi) is 5.59. The van der Waals surface area contributed by atoms with Crippen LogP contribution in [0.4, 0.5) is 0 Å². The first-order valence-corrected chi connectivity index (χ1v) is 11.7. The summed E-state index contributed by atoms with van der Waals surface area (Å²) in [6, 6.07) is 12.5. The summed E-state index contributed by atoms with van der Waals surface area (Å²) in [7, 11) is 2.52. The third-order valence-electron chi connectivity index (χ3n) is 5.54. The summed E-state index contributed by atoms with van der Waals surface area (Å²) < 4.78 is 13.7. The molecule has 6 nitrogen and oxygen atoms in total. The molecule has 2 heterocycles. The van der Waals surface area contributed by atoms with Crippen molar-refractivity contribution in [1.82, 2.24) is 5.48 Å². The van der Waals surface area contributed by atoms with E-state index in [1.54, 1.807) is 6.07 Å². The van der Waals surface area contributed by atoms with Gasteiger partial charge in [0.1, 0.15) is 5.56 Å². The third kappa shape index (κ3) is 3.96. The van der Waals surface area contributed by atoms with Crippen LogP contribution in [-0.4, -0.2) is 24.2 Å². The number of carbonyl (C=O) groups excluding carboxylic acids is 1. The number of fused-ring (bicyclic) bond motifs is 1. The van der Waals surface area contributed by atoms with Crippen LogP contribution >= 0.6 is 20.7 Å². The van der Waals surface area contributed by atoms with Crippen molar-refractivity contribution in [2.75, 3.05) is 0 Å². The number of nitrogens with one attached hydrogen (secondary N) is 1. The molecule has 2 aromatic carbocycles. The molecular weight excluding hydrogens is 421 g/mol. The van der Waals surface area contributed by atoms with E-state index in [0.717, 1.165) is 15.7 Å². The summed E-state index contributed by atoms with van der Waals surface area (Å²) in [6.07, 6.45) is 0. The van der Waals surface area contributed by atoms with Crippen molar-refractivity contribution in [2.24, 2.45) is 0 Å². The van der Waals surface area contributed by atoms with Gasteiger partial charge in [0, 0.05) is 0 Å². The highest BCUT2D eigenvalue weighted by molar-refractivity contribution is 7.78. The lowest BCUT2D eigenvalue weighted by molar-refractivity contribution is 0.00578. The van der Waals surface area contributed by atoms with E-state index in [-0.39, 0.29) is 17.6 Å². The molecule has 0 unspecified atom stereocenters. The van der Waals surface area contributed by atoms with Crippen molar-refractivity contribution in [3.05, 3.63) is 63.8 Å². The molecule has 156 valence electrons. The van der Waals surface area contributed by atoms with Crippen LogP contribution < -0.4 is 16.4 Å². The van der Waals surface area contributed by atoms with Crippen LogP contribution in [0.5, 0.6) is 0 Å². The lowest BCUT2D eigenvalue weighted by Gasteiger charge is -2.32. The van der Waals surface area contributed by atoms with Crippen LogP contribution in [0.25, 0.3) is 9.40 Å². The molecule has 0 bridgehead atoms. The first-order chi connectivity index (χ1) is 14.2. The average molecular weight is 443 g/mol. The van der Waals surface area contributed by atoms with E-state index >= 15 is 0 Å². The zero-order valence-electron chi connectivity index (χ0n) is 17.2. The fourth-order valence-corrected chi connectivity index (χ4v) is 5.07. The fourth-order valence-electron chi connectivity index (χ4n) is 3.02. The van der Waals surface area contributed by atoms with Gasteiger partial charge >= 0.3 is 7.12 Å². The number of hydroxylamine groups is 1. The molecule has 1 N–H and O–H groups in total. The maximum absolute atomic E-state index is 12.5. The van der Waals surface area contributed by atoms with E-state index in [1.807, 2.05) is 58.0 Å². The minimum atomic E-state index is -0.533. The number of hydrogen-bond acceptors (Lipinski definition) is 7. The highest BCUT2D eigenvalue weighted by atomic mass is 32.9. The molecule has 3 aromatic rings. The van der Waals surface area contributed by atoms with Gasteiger partial charge in [-0.1, -0.05) is 51.0 Å². The normalized spacial score (nSPS) is 17.4. The molecule has 0 atom stereocenters. The first kappa shape index (κ1) is 21.2. The summed E-state index contributed by atoms with van der Waals surface area (Å²) in [6.45, 7) is 8.24. The predicted octanol–water partition coefficient (Wildman–Crippen LogP) is 3.48. The molecule has 1 aliphatic rings. The molecule has 0 spiro atoms. The zero-order chi connectivity index (χ0) is 21.5. The Morgan fingerprint density at radius 1 is 1.03 bits per heavy atom. The van der Waals surface area contributed by atoms with Gasteiger partial charge in [-0.3, -0.25) is 14.4 Å². The lowest BCUT2D eigenvalue weighted by atomic mass is 9.79. The number of carbonyl (C=O) groups is 1. The molecule has 30 heavy (non-hydrogen) atoms. The predicted molar refractivity (Wildman–Crippen MR) is 120 cm³/mol. The topological polar surface area (TPSA) is 73.9 Å². The van der Waals surface area contributed by atoms with Gasteiger partial charge in [-0.15, -0.1) is 0 Å². The molecule has 9 heteroatoms. The van der Waals surface area contributed by atoms with Crippen molar-refractivity contribution in [3.8, 4) is 0 Å². The smallest absolute Gasteiger partial charge is 0.399 e. The second kappa shape index (κ2) is 7.90. The molecule has 4 rings (SSSR count). The van der Waals surface area contributed by atoms with Gasteiger partial charge < -0.3 is 9.31 Å². The van der Waals surface area contributed by atoms with Gasteiger partial charge in [0.25, 0.3) is 5.91 Å². The van der Waals surface area contributed by atoms with Crippen LogP contribution in [0.15, 0.2) is 47.3 Å². The van der Waals surface area contributed by atoms with Crippen molar-refractivity contribution in [3.63, 3.8) is 0 Å². The standard InChI is InChI=1S/C21H22BNO5S2/c1-20(2)21(3,4)28-22(27-20)14-10-8-13(9-11-14)12-26-23-19(25)17-15(24)6-5-7-16-18(17)30-29-16/h5-11H,12H2,1-4H3,(H,23,25). The van der Waals surface area contributed by atoms with E-state index in [2.05, 4.69) is 5.48 Å². The Labute approximate surface area is 182 Å². The van der Waals surface area contributed by atoms with Crippen molar-refractivity contribution >= 4 is 48.6 Å². The Bertz CT molecular complexity index is 1120. The van der Waals surface area contributed by atoms with E-state index in [4.69, 9.17) is 14.1 Å². The SMILES string of the molecule is CC1(C)OB(c2ccc(CONC(=O)c3c(=O)cccc4ssc34)cc2)OC1(C)C. The molecule has 1 saturated heterocycles. The summed E-state index contributed by atoms with van der Waals surface area (Å²) in [5.74, 6) is -0.533. The second-order valence-corrected chi connectivity index (χ2v) is 10.4. The van der Waals surface area contributed by atoms with Crippen molar-refractivity contribution in [2.45, 2.75) is 45.5 Å². The number of rotatable bonds is 5. The van der Waals surface area contributed by atoms with Gasteiger partial charge in [-0.2, -0.15) is 0 Å². The van der Waals surface area contributed by atoms with Crippen molar-refractivity contribution < 1.29 is 18.9 Å². The Hall–Kier alpha value is -2.04. The highest BCUT2D eigenvalue weighted by Gasteiger charge is 2.51. The molecule has 1 amide bonds. The number of hydrogen-bond donors (Lipinski definition) is 1. The van der Waals surface area contributed by atoms with Crippen LogP contribution in [0.1, 0.15) is 43.6 Å². The zero-order valence-corrected chi connectivity index (χ0v) is 18.8. The Morgan fingerprint density at radius 3 is 2.30 bits per heavy atom. The van der Waals surface area contributed by atoms with E-state index < -0.39 is 24.2 Å². The Morgan fingerprint density at radius 2 is 1.70 bits per heavy atom. The van der Waals surface area contributed by atoms with Crippen LogP contribution in [0.2, 0.25) is 0 Å². The number of amides is 1. The molecule has 0 aliphatic carbocycles. The molecular formula is C21H22BNO5S2. The summed E-state index contributed by atoms with van der Waals surface area (Å²) in [5.41, 5.74) is 3.19. The van der Waals surface area contributed by atoms with Gasteiger partial charge in [0.05, 0.1) is 27.2 Å². The molecule has 0 saturated carbocycles. The fraction of sp³-hybridized carbons (Fsp3) is 0.333. The summed E-state index contributed by atoms with van der Waals surface area (Å²) in [5, 5.41) is 0. The number of benzene rings is 1. The molecule has 1 aromatic heterocycles. The van der Waals surface area contributed by atoms with Crippen LogP contribution in [0.3, 0.4) is 0 Å². The largest absolute Gasteiger partial charge is 0.494 e. The van der Waals surface area contributed by atoms with E-state index in [9.17, 15) is 9.59 Å². The lowest BCUT2D eigenvalue weighted by Crippen LogP contribution is -2.41. The van der Waals surface area contributed by atoms with Crippen molar-refractivity contribution in [1.29, 1.82) is 0 Å². The maximum Gasteiger partial charge on any atom is 0.494 e. The molecule has 1 aliphatic heterocycles. The van der Waals surface area contributed by atoms with Crippen LogP contribution in [0, 0.1) is 0 Å². The molecule has 1 fully saturated rings.